The van der Waals surface area contributed by atoms with Crippen LogP contribution >= 0.6 is 0 Å². The summed E-state index contributed by atoms with van der Waals surface area (Å²) in [5.74, 6) is 0.896. The Hall–Kier alpha value is -1.09. The van der Waals surface area contributed by atoms with Gasteiger partial charge in [-0.25, -0.2) is 0 Å². The number of ether oxygens (including phenoxy) is 1. The highest BCUT2D eigenvalue weighted by Gasteiger charge is 2.31. The maximum absolute atomic E-state index is 5.30. The van der Waals surface area contributed by atoms with Crippen molar-refractivity contribution >= 4 is 0 Å². The van der Waals surface area contributed by atoms with E-state index in [-0.39, 0.29) is 0 Å². The number of methoxy groups -OCH3 is 1. The fourth-order valence-corrected chi connectivity index (χ4v) is 3.01. The summed E-state index contributed by atoms with van der Waals surface area (Å²) < 4.78 is 5.30. The lowest BCUT2D eigenvalue weighted by molar-refractivity contribution is 0.166. The molecule has 1 aliphatic rings. The van der Waals surface area contributed by atoms with Crippen molar-refractivity contribution in [1.29, 1.82) is 0 Å². The Labute approximate surface area is 116 Å². The predicted octanol–water partition coefficient (Wildman–Crippen LogP) is 3.46. The molecule has 1 fully saturated rings. The first kappa shape index (κ1) is 14.3. The van der Waals surface area contributed by atoms with Crippen molar-refractivity contribution in [3.63, 3.8) is 0 Å². The average Bonchev–Trinajstić information content (AvgIpc) is 2.36. The second-order valence-corrected chi connectivity index (χ2v) is 6.31. The molecule has 1 heterocycles. The van der Waals surface area contributed by atoms with Crippen LogP contribution in [0.2, 0.25) is 0 Å². The molecule has 19 heavy (non-hydrogen) atoms. The highest BCUT2D eigenvalue weighted by Crippen LogP contribution is 2.35. The number of pyridine rings is 1. The smallest absolute Gasteiger partial charge is 0.122 e. The fraction of sp³-hybridized carbons (Fsp3) is 0.688. The number of hydrogen-bond acceptors (Lipinski definition) is 3. The monoisotopic (exact) mass is 262 g/mol. The van der Waals surface area contributed by atoms with Crippen molar-refractivity contribution in [3.8, 4) is 5.75 Å². The molecule has 0 spiro atoms. The Kier molecular flexibility index (Phi) is 4.46. The van der Waals surface area contributed by atoms with Gasteiger partial charge in [-0.05, 0) is 25.2 Å². The zero-order chi connectivity index (χ0) is 13.9. The molecule has 0 radical (unpaired) electrons. The Bertz CT molecular complexity index is 429. The summed E-state index contributed by atoms with van der Waals surface area (Å²) in [6, 6.07) is 4.58. The van der Waals surface area contributed by atoms with Crippen molar-refractivity contribution in [2.45, 2.75) is 59.0 Å². The minimum atomic E-state index is 0.395. The lowest BCUT2D eigenvalue weighted by atomic mass is 9.73. The van der Waals surface area contributed by atoms with Crippen molar-refractivity contribution in [1.82, 2.24) is 10.3 Å². The molecule has 2 rings (SSSR count). The van der Waals surface area contributed by atoms with Gasteiger partial charge in [0, 0.05) is 30.4 Å². The molecular weight excluding hydrogens is 236 g/mol. The van der Waals surface area contributed by atoms with Gasteiger partial charge in [-0.1, -0.05) is 26.7 Å². The van der Waals surface area contributed by atoms with E-state index in [4.69, 9.17) is 4.74 Å². The van der Waals surface area contributed by atoms with E-state index in [0.717, 1.165) is 23.7 Å². The number of nitrogens with zero attached hydrogens (tertiary/aromatic N) is 1. The van der Waals surface area contributed by atoms with Crippen LogP contribution in [0.4, 0.5) is 0 Å². The van der Waals surface area contributed by atoms with Crippen molar-refractivity contribution in [2.75, 3.05) is 7.11 Å². The summed E-state index contributed by atoms with van der Waals surface area (Å²) in [5.41, 5.74) is 2.48. The largest absolute Gasteiger partial charge is 0.497 e. The zero-order valence-corrected chi connectivity index (χ0v) is 12.6. The van der Waals surface area contributed by atoms with Gasteiger partial charge in [-0.2, -0.15) is 0 Å². The van der Waals surface area contributed by atoms with Gasteiger partial charge in [0.05, 0.1) is 12.8 Å². The third kappa shape index (κ3) is 3.69. The molecule has 0 aromatic carbocycles. The van der Waals surface area contributed by atoms with Crippen molar-refractivity contribution in [3.05, 3.63) is 23.5 Å². The maximum atomic E-state index is 5.30. The van der Waals surface area contributed by atoms with Crippen LogP contribution in [0.1, 0.15) is 50.9 Å². The second-order valence-electron chi connectivity index (χ2n) is 6.31. The van der Waals surface area contributed by atoms with E-state index in [9.17, 15) is 0 Å². The minimum absolute atomic E-state index is 0.395. The van der Waals surface area contributed by atoms with Crippen LogP contribution in [0.5, 0.6) is 5.75 Å². The first-order chi connectivity index (χ1) is 9.01. The van der Waals surface area contributed by atoms with E-state index < -0.39 is 0 Å². The predicted molar refractivity (Wildman–Crippen MR) is 78.4 cm³/mol. The number of nitrogens with one attached hydrogen (secondary N) is 1. The Balaban J connectivity index is 2.00. The van der Waals surface area contributed by atoms with E-state index in [0.29, 0.717) is 11.5 Å². The average molecular weight is 262 g/mol. The van der Waals surface area contributed by atoms with E-state index in [1.54, 1.807) is 7.11 Å². The summed E-state index contributed by atoms with van der Waals surface area (Å²) in [7, 11) is 1.70. The molecule has 106 valence electrons. The van der Waals surface area contributed by atoms with Crippen LogP contribution in [0, 0.1) is 12.3 Å². The molecule has 3 nitrogen and oxygen atoms in total. The van der Waals surface area contributed by atoms with Crippen LogP contribution in [-0.4, -0.2) is 18.1 Å². The van der Waals surface area contributed by atoms with Crippen LogP contribution in [-0.2, 0) is 6.54 Å². The highest BCUT2D eigenvalue weighted by molar-refractivity contribution is 5.26. The Morgan fingerprint density at radius 3 is 2.84 bits per heavy atom. The van der Waals surface area contributed by atoms with Gasteiger partial charge in [0.2, 0.25) is 0 Å². The minimum Gasteiger partial charge on any atom is -0.497 e. The van der Waals surface area contributed by atoms with Gasteiger partial charge in [-0.3, -0.25) is 4.98 Å². The number of aromatic nitrogens is 1. The van der Waals surface area contributed by atoms with Gasteiger partial charge in [0.25, 0.3) is 0 Å². The SMILES string of the molecule is COc1cc(C)nc(CNC2CCCCC2(C)C)c1. The molecule has 1 N–H and O–H groups in total. The number of aryl methyl sites for hydroxylation is 1. The molecular formula is C16H26N2O. The molecule has 1 aromatic rings. The molecule has 1 saturated carbocycles. The van der Waals surface area contributed by atoms with Gasteiger partial charge in [0.15, 0.2) is 0 Å². The van der Waals surface area contributed by atoms with Crippen molar-refractivity contribution in [2.24, 2.45) is 5.41 Å². The number of hydrogen-bond donors (Lipinski definition) is 1. The van der Waals surface area contributed by atoms with Crippen LogP contribution < -0.4 is 10.1 Å². The third-order valence-electron chi connectivity index (χ3n) is 4.25. The van der Waals surface area contributed by atoms with Crippen LogP contribution in [0.3, 0.4) is 0 Å². The summed E-state index contributed by atoms with van der Waals surface area (Å²) in [6.45, 7) is 7.57. The number of rotatable bonds is 4. The summed E-state index contributed by atoms with van der Waals surface area (Å²) >= 11 is 0. The van der Waals surface area contributed by atoms with Crippen LogP contribution in [0.15, 0.2) is 12.1 Å². The standard InChI is InChI=1S/C16H26N2O/c1-12-9-14(19-4)10-13(18-12)11-17-15-7-5-6-8-16(15,2)3/h9-10,15,17H,5-8,11H2,1-4H3. The molecule has 1 unspecified atom stereocenters. The van der Waals surface area contributed by atoms with Crippen LogP contribution in [0.25, 0.3) is 0 Å². The third-order valence-corrected chi connectivity index (χ3v) is 4.25. The van der Waals surface area contributed by atoms with Crippen molar-refractivity contribution < 1.29 is 4.74 Å². The first-order valence-electron chi connectivity index (χ1n) is 7.26. The van der Waals surface area contributed by atoms with E-state index in [2.05, 4.69) is 24.1 Å². The Morgan fingerprint density at radius 1 is 1.37 bits per heavy atom. The van der Waals surface area contributed by atoms with E-state index >= 15 is 0 Å². The lowest BCUT2D eigenvalue weighted by Gasteiger charge is -2.39. The van der Waals surface area contributed by atoms with E-state index in [1.165, 1.54) is 25.7 Å². The zero-order valence-electron chi connectivity index (χ0n) is 12.6. The molecule has 1 atom stereocenters. The fourth-order valence-electron chi connectivity index (χ4n) is 3.01. The molecule has 0 saturated heterocycles. The normalized spacial score (nSPS) is 22.2. The molecule has 0 bridgehead atoms. The topological polar surface area (TPSA) is 34.1 Å². The quantitative estimate of drug-likeness (QED) is 0.902. The highest BCUT2D eigenvalue weighted by atomic mass is 16.5. The summed E-state index contributed by atoms with van der Waals surface area (Å²) in [5, 5.41) is 3.69. The lowest BCUT2D eigenvalue weighted by Crippen LogP contribution is -2.43. The first-order valence-corrected chi connectivity index (χ1v) is 7.26. The Morgan fingerprint density at radius 2 is 2.16 bits per heavy atom. The molecule has 1 aliphatic carbocycles. The van der Waals surface area contributed by atoms with Gasteiger partial charge < -0.3 is 10.1 Å². The molecule has 0 aliphatic heterocycles. The molecule has 0 amide bonds. The second kappa shape index (κ2) is 5.91. The molecule has 3 heteroatoms. The maximum Gasteiger partial charge on any atom is 0.122 e. The molecule has 1 aromatic heterocycles. The van der Waals surface area contributed by atoms with Gasteiger partial charge in [-0.15, -0.1) is 0 Å². The van der Waals surface area contributed by atoms with E-state index in [1.807, 2.05) is 19.1 Å². The summed E-state index contributed by atoms with van der Waals surface area (Å²) in [4.78, 5) is 4.57. The van der Waals surface area contributed by atoms with Gasteiger partial charge >= 0.3 is 0 Å². The summed E-state index contributed by atoms with van der Waals surface area (Å²) in [6.07, 6.45) is 5.29. The van der Waals surface area contributed by atoms with Gasteiger partial charge in [0.1, 0.15) is 5.75 Å².